The molecule has 7 heteroatoms. The fourth-order valence-corrected chi connectivity index (χ4v) is 3.21. The standard InChI is InChI=1S/C21H18N4O3/c1-23-16-13-25(22-12-15-10-6-7-11-17(15)26)19(14-8-4-3-5-9-14)18(16)20(27)24(2)21(23)28/h3-13,26H,1-2H3. The zero-order valence-corrected chi connectivity index (χ0v) is 15.4. The molecule has 0 unspecified atom stereocenters. The van der Waals surface area contributed by atoms with Crippen LogP contribution < -0.4 is 11.2 Å². The van der Waals surface area contributed by atoms with Crippen molar-refractivity contribution in [2.24, 2.45) is 19.2 Å². The minimum atomic E-state index is -0.404. The molecule has 7 nitrogen and oxygen atoms in total. The van der Waals surface area contributed by atoms with E-state index in [4.69, 9.17) is 0 Å². The lowest BCUT2D eigenvalue weighted by molar-refractivity contribution is 0.474. The molecule has 0 radical (unpaired) electrons. The summed E-state index contributed by atoms with van der Waals surface area (Å²) in [6.07, 6.45) is 3.17. The van der Waals surface area contributed by atoms with Gasteiger partial charge in [-0.2, -0.15) is 5.10 Å². The zero-order chi connectivity index (χ0) is 19.8. The van der Waals surface area contributed by atoms with Crippen LogP contribution in [0, 0.1) is 0 Å². The highest BCUT2D eigenvalue weighted by Crippen LogP contribution is 2.28. The van der Waals surface area contributed by atoms with Crippen molar-refractivity contribution in [1.29, 1.82) is 0 Å². The summed E-state index contributed by atoms with van der Waals surface area (Å²) >= 11 is 0. The maximum Gasteiger partial charge on any atom is 0.330 e. The number of rotatable bonds is 3. The quantitative estimate of drug-likeness (QED) is 0.559. The number of phenols is 1. The van der Waals surface area contributed by atoms with Crippen LogP contribution in [-0.4, -0.2) is 25.1 Å². The highest BCUT2D eigenvalue weighted by atomic mass is 16.3. The van der Waals surface area contributed by atoms with Gasteiger partial charge in [-0.1, -0.05) is 42.5 Å². The summed E-state index contributed by atoms with van der Waals surface area (Å²) in [6, 6.07) is 16.2. The van der Waals surface area contributed by atoms with Crippen molar-refractivity contribution in [3.63, 3.8) is 0 Å². The van der Waals surface area contributed by atoms with Gasteiger partial charge in [0.05, 0.1) is 29.0 Å². The van der Waals surface area contributed by atoms with E-state index < -0.39 is 5.69 Å². The molecule has 140 valence electrons. The van der Waals surface area contributed by atoms with E-state index in [2.05, 4.69) is 5.10 Å². The Morgan fingerprint density at radius 3 is 2.32 bits per heavy atom. The van der Waals surface area contributed by atoms with Gasteiger partial charge in [-0.15, -0.1) is 0 Å². The van der Waals surface area contributed by atoms with Crippen LogP contribution >= 0.6 is 0 Å². The average molecular weight is 374 g/mol. The summed E-state index contributed by atoms with van der Waals surface area (Å²) in [6.45, 7) is 0. The number of hydrogen-bond donors (Lipinski definition) is 1. The van der Waals surface area contributed by atoms with E-state index in [1.807, 2.05) is 30.3 Å². The zero-order valence-electron chi connectivity index (χ0n) is 15.4. The highest BCUT2D eigenvalue weighted by Gasteiger charge is 2.19. The molecular formula is C21H18N4O3. The van der Waals surface area contributed by atoms with Crippen molar-refractivity contribution in [2.45, 2.75) is 0 Å². The first-order valence-corrected chi connectivity index (χ1v) is 8.68. The smallest absolute Gasteiger partial charge is 0.330 e. The molecule has 2 aromatic heterocycles. The first-order valence-electron chi connectivity index (χ1n) is 8.68. The van der Waals surface area contributed by atoms with E-state index in [-0.39, 0.29) is 11.3 Å². The third-order valence-electron chi connectivity index (χ3n) is 4.73. The van der Waals surface area contributed by atoms with Gasteiger partial charge in [-0.3, -0.25) is 13.9 Å². The lowest BCUT2D eigenvalue weighted by Crippen LogP contribution is -2.36. The second kappa shape index (κ2) is 6.70. The van der Waals surface area contributed by atoms with Crippen LogP contribution in [0.15, 0.2) is 75.5 Å². The first kappa shape index (κ1) is 17.5. The summed E-state index contributed by atoms with van der Waals surface area (Å²) in [7, 11) is 3.08. The molecule has 28 heavy (non-hydrogen) atoms. The average Bonchev–Trinajstić information content (AvgIpc) is 3.10. The number of aromatic nitrogens is 3. The topological polar surface area (TPSA) is 81.5 Å². The van der Waals surface area contributed by atoms with Gasteiger partial charge in [0.15, 0.2) is 0 Å². The molecule has 0 atom stereocenters. The van der Waals surface area contributed by atoms with Crippen LogP contribution in [0.2, 0.25) is 0 Å². The minimum absolute atomic E-state index is 0.104. The van der Waals surface area contributed by atoms with Crippen molar-refractivity contribution in [3.8, 4) is 17.0 Å². The molecule has 0 amide bonds. The van der Waals surface area contributed by atoms with Crippen LogP contribution in [0.3, 0.4) is 0 Å². The van der Waals surface area contributed by atoms with Gasteiger partial charge in [0, 0.05) is 25.2 Å². The van der Waals surface area contributed by atoms with Crippen LogP contribution in [0.25, 0.3) is 22.2 Å². The number of hydrogen-bond acceptors (Lipinski definition) is 4. The molecule has 0 fully saturated rings. The maximum atomic E-state index is 12.9. The Balaban J connectivity index is 2.05. The SMILES string of the molecule is Cn1c(=O)c2c(-c3ccccc3)n(N=Cc3ccccc3O)cc2n(C)c1=O. The molecule has 4 rings (SSSR count). The predicted octanol–water partition coefficient (Wildman–Crippen LogP) is 2.29. The molecule has 4 aromatic rings. The molecule has 0 saturated carbocycles. The highest BCUT2D eigenvalue weighted by molar-refractivity contribution is 5.94. The van der Waals surface area contributed by atoms with Crippen molar-refractivity contribution < 1.29 is 5.11 Å². The van der Waals surface area contributed by atoms with Gasteiger partial charge in [-0.05, 0) is 12.1 Å². The lowest BCUT2D eigenvalue weighted by atomic mass is 10.1. The number of fused-ring (bicyclic) bond motifs is 1. The van der Waals surface area contributed by atoms with E-state index >= 15 is 0 Å². The van der Waals surface area contributed by atoms with E-state index in [9.17, 15) is 14.7 Å². The Bertz CT molecular complexity index is 1330. The van der Waals surface area contributed by atoms with Gasteiger partial charge in [-0.25, -0.2) is 9.47 Å². The number of benzene rings is 2. The van der Waals surface area contributed by atoms with Gasteiger partial charge in [0.25, 0.3) is 5.56 Å². The van der Waals surface area contributed by atoms with E-state index in [1.165, 1.54) is 17.8 Å². The Kier molecular flexibility index (Phi) is 4.19. The molecule has 0 aliphatic rings. The molecule has 1 N–H and O–H groups in total. The monoisotopic (exact) mass is 374 g/mol. The summed E-state index contributed by atoms with van der Waals surface area (Å²) in [5.41, 5.74) is 1.62. The first-order chi connectivity index (χ1) is 13.5. The number of para-hydroxylation sites is 1. The van der Waals surface area contributed by atoms with Gasteiger partial charge >= 0.3 is 5.69 Å². The number of aromatic hydroxyl groups is 1. The van der Waals surface area contributed by atoms with Gasteiger partial charge in [0.2, 0.25) is 0 Å². The second-order valence-corrected chi connectivity index (χ2v) is 6.46. The molecule has 0 aliphatic heterocycles. The maximum absolute atomic E-state index is 12.9. The van der Waals surface area contributed by atoms with E-state index in [1.54, 1.807) is 42.2 Å². The summed E-state index contributed by atoms with van der Waals surface area (Å²) in [4.78, 5) is 25.2. The van der Waals surface area contributed by atoms with Crippen molar-refractivity contribution in [2.75, 3.05) is 0 Å². The number of aryl methyl sites for hydroxylation is 1. The van der Waals surface area contributed by atoms with Crippen molar-refractivity contribution >= 4 is 17.1 Å². The largest absolute Gasteiger partial charge is 0.507 e. The van der Waals surface area contributed by atoms with Gasteiger partial charge in [0.1, 0.15) is 5.75 Å². The van der Waals surface area contributed by atoms with Crippen molar-refractivity contribution in [1.82, 2.24) is 13.8 Å². The van der Waals surface area contributed by atoms with Crippen LogP contribution in [-0.2, 0) is 14.1 Å². The second-order valence-electron chi connectivity index (χ2n) is 6.46. The fourth-order valence-electron chi connectivity index (χ4n) is 3.21. The third kappa shape index (κ3) is 2.73. The summed E-state index contributed by atoms with van der Waals surface area (Å²) in [5.74, 6) is 0.104. The van der Waals surface area contributed by atoms with Crippen LogP contribution in [0.1, 0.15) is 5.56 Å². The Morgan fingerprint density at radius 1 is 0.929 bits per heavy atom. The number of phenolic OH excluding ortho intramolecular Hbond substituents is 1. The van der Waals surface area contributed by atoms with Gasteiger partial charge < -0.3 is 5.11 Å². The molecule has 2 aromatic carbocycles. The Labute approximate surface area is 160 Å². The summed E-state index contributed by atoms with van der Waals surface area (Å²) in [5, 5.41) is 14.8. The molecule has 0 saturated heterocycles. The molecule has 0 aliphatic carbocycles. The molecule has 2 heterocycles. The third-order valence-corrected chi connectivity index (χ3v) is 4.73. The Morgan fingerprint density at radius 2 is 1.61 bits per heavy atom. The number of nitrogens with zero attached hydrogens (tertiary/aromatic N) is 4. The Hall–Kier alpha value is -3.87. The predicted molar refractivity (Wildman–Crippen MR) is 109 cm³/mol. The van der Waals surface area contributed by atoms with E-state index in [0.29, 0.717) is 22.2 Å². The van der Waals surface area contributed by atoms with Crippen LogP contribution in [0.5, 0.6) is 5.75 Å². The fraction of sp³-hybridized carbons (Fsp3) is 0.0952. The van der Waals surface area contributed by atoms with Crippen LogP contribution in [0.4, 0.5) is 0 Å². The molecule has 0 spiro atoms. The molecular weight excluding hydrogens is 356 g/mol. The van der Waals surface area contributed by atoms with E-state index in [0.717, 1.165) is 10.1 Å². The minimum Gasteiger partial charge on any atom is -0.507 e. The lowest BCUT2D eigenvalue weighted by Gasteiger charge is -2.06. The van der Waals surface area contributed by atoms with Crippen molar-refractivity contribution in [3.05, 3.63) is 87.2 Å². The molecule has 0 bridgehead atoms. The summed E-state index contributed by atoms with van der Waals surface area (Å²) < 4.78 is 4.08. The normalized spacial score (nSPS) is 11.5.